The highest BCUT2D eigenvalue weighted by Crippen LogP contribution is 2.33. The first kappa shape index (κ1) is 24.7. The van der Waals surface area contributed by atoms with Crippen molar-refractivity contribution in [1.29, 1.82) is 0 Å². The maximum absolute atomic E-state index is 13.4. The van der Waals surface area contributed by atoms with E-state index < -0.39 is 15.9 Å². The molecule has 1 unspecified atom stereocenters. The number of rotatable bonds is 8. The number of nitrogens with two attached hydrogens (primary N) is 1. The second kappa shape index (κ2) is 9.68. The third-order valence-electron chi connectivity index (χ3n) is 6.38. The molecule has 35 heavy (non-hydrogen) atoms. The number of para-hydroxylation sites is 1. The van der Waals surface area contributed by atoms with E-state index in [-0.39, 0.29) is 6.04 Å². The van der Waals surface area contributed by atoms with Crippen molar-refractivity contribution in [1.82, 2.24) is 9.29 Å². The summed E-state index contributed by atoms with van der Waals surface area (Å²) in [5.74, 6) is -0.486. The molecule has 0 bridgehead atoms. The molecule has 182 valence electrons. The Kier molecular flexibility index (Phi) is 6.83. The average Bonchev–Trinajstić information content (AvgIpc) is 3.15. The molecule has 1 atom stereocenters. The number of hydrogen-bond donors (Lipinski definition) is 2. The monoisotopic (exact) mass is 489 g/mol. The van der Waals surface area contributed by atoms with Gasteiger partial charge in [-0.3, -0.25) is 4.79 Å². The molecule has 4 aromatic rings. The average molecular weight is 490 g/mol. The van der Waals surface area contributed by atoms with Crippen molar-refractivity contribution >= 4 is 26.8 Å². The normalized spacial score (nSPS) is 12.7. The Bertz CT molecular complexity index is 1500. The number of benzene rings is 3. The number of nitrogens with zero attached hydrogens (tertiary/aromatic N) is 1. The van der Waals surface area contributed by atoms with Crippen LogP contribution < -0.4 is 10.5 Å². The van der Waals surface area contributed by atoms with Crippen LogP contribution >= 0.6 is 0 Å². The van der Waals surface area contributed by atoms with Crippen LogP contribution in [-0.4, -0.2) is 24.9 Å². The van der Waals surface area contributed by atoms with Gasteiger partial charge in [-0.25, -0.2) is 13.1 Å². The molecule has 1 amide bonds. The van der Waals surface area contributed by atoms with Crippen LogP contribution in [0.25, 0.3) is 22.0 Å². The molecule has 0 aliphatic carbocycles. The lowest BCUT2D eigenvalue weighted by Gasteiger charge is -2.20. The number of fused-ring (bicyclic) bond motifs is 1. The number of amides is 1. The van der Waals surface area contributed by atoms with Crippen LogP contribution in [0.4, 0.5) is 0 Å². The van der Waals surface area contributed by atoms with Crippen LogP contribution in [0, 0.1) is 20.8 Å². The molecule has 0 aliphatic rings. The van der Waals surface area contributed by atoms with E-state index in [0.717, 1.165) is 38.7 Å². The molecule has 0 saturated heterocycles. The van der Waals surface area contributed by atoms with Gasteiger partial charge < -0.3 is 10.3 Å². The van der Waals surface area contributed by atoms with Crippen LogP contribution in [0.1, 0.15) is 40.4 Å². The van der Waals surface area contributed by atoms with E-state index in [4.69, 9.17) is 5.73 Å². The molecule has 0 fully saturated rings. The zero-order valence-corrected chi connectivity index (χ0v) is 21.3. The Balaban J connectivity index is 1.73. The van der Waals surface area contributed by atoms with E-state index in [9.17, 15) is 13.2 Å². The number of hydrogen-bond acceptors (Lipinski definition) is 3. The number of sulfonamides is 1. The van der Waals surface area contributed by atoms with Gasteiger partial charge in [-0.2, -0.15) is 0 Å². The van der Waals surface area contributed by atoms with Crippen molar-refractivity contribution in [3.8, 4) is 11.1 Å². The molecular formula is C28H31N3O3S. The summed E-state index contributed by atoms with van der Waals surface area (Å²) < 4.78 is 31.7. The first-order valence-corrected chi connectivity index (χ1v) is 13.2. The van der Waals surface area contributed by atoms with Gasteiger partial charge in [-0.05, 0) is 56.0 Å². The van der Waals surface area contributed by atoms with E-state index in [0.29, 0.717) is 23.4 Å². The Morgan fingerprint density at radius 1 is 0.971 bits per heavy atom. The largest absolute Gasteiger partial charge is 0.366 e. The smallest absolute Gasteiger partial charge is 0.249 e. The van der Waals surface area contributed by atoms with Crippen molar-refractivity contribution in [2.75, 3.05) is 0 Å². The van der Waals surface area contributed by atoms with Crippen LogP contribution in [0.2, 0.25) is 0 Å². The first-order chi connectivity index (χ1) is 16.6. The van der Waals surface area contributed by atoms with Gasteiger partial charge in [-0.1, -0.05) is 61.0 Å². The lowest BCUT2D eigenvalue weighted by atomic mass is 9.99. The number of primary amides is 1. The zero-order chi connectivity index (χ0) is 25.3. The number of aryl methyl sites for hydroxylation is 3. The van der Waals surface area contributed by atoms with Crippen LogP contribution in [0.15, 0.2) is 71.8 Å². The quantitative estimate of drug-likeness (QED) is 0.361. The Morgan fingerprint density at radius 2 is 1.60 bits per heavy atom. The highest BCUT2D eigenvalue weighted by atomic mass is 32.2. The minimum Gasteiger partial charge on any atom is -0.366 e. The number of carbonyl (C=O) groups is 1. The number of nitrogens with one attached hydrogen (secondary N) is 1. The molecule has 3 aromatic carbocycles. The van der Waals surface area contributed by atoms with Crippen molar-refractivity contribution in [3.63, 3.8) is 0 Å². The fourth-order valence-electron chi connectivity index (χ4n) is 4.90. The Hall–Kier alpha value is -3.42. The van der Waals surface area contributed by atoms with Gasteiger partial charge in [0, 0.05) is 40.8 Å². The first-order valence-electron chi connectivity index (χ1n) is 11.7. The molecule has 6 nitrogen and oxygen atoms in total. The van der Waals surface area contributed by atoms with E-state index in [1.807, 2.05) is 87.0 Å². The van der Waals surface area contributed by atoms with Crippen LogP contribution in [0.5, 0.6) is 0 Å². The van der Waals surface area contributed by atoms with E-state index in [1.165, 1.54) is 0 Å². The molecule has 1 aromatic heterocycles. The lowest BCUT2D eigenvalue weighted by Crippen LogP contribution is -2.38. The summed E-state index contributed by atoms with van der Waals surface area (Å²) in [5.41, 5.74) is 11.2. The minimum atomic E-state index is -3.71. The number of carbonyl (C=O) groups excluding carboxylic acids is 1. The maximum atomic E-state index is 13.4. The summed E-state index contributed by atoms with van der Waals surface area (Å²) in [7, 11) is -3.71. The van der Waals surface area contributed by atoms with Gasteiger partial charge in [0.15, 0.2) is 0 Å². The summed E-state index contributed by atoms with van der Waals surface area (Å²) in [4.78, 5) is 12.4. The van der Waals surface area contributed by atoms with Crippen molar-refractivity contribution in [2.45, 2.75) is 51.6 Å². The van der Waals surface area contributed by atoms with Gasteiger partial charge >= 0.3 is 0 Å². The molecule has 0 spiro atoms. The summed E-state index contributed by atoms with van der Waals surface area (Å²) in [5, 5.41) is 0.976. The van der Waals surface area contributed by atoms with Gasteiger partial charge in [0.1, 0.15) is 0 Å². The minimum absolute atomic E-state index is 0.324. The van der Waals surface area contributed by atoms with Gasteiger partial charge in [0.25, 0.3) is 0 Å². The molecule has 1 heterocycles. The highest BCUT2D eigenvalue weighted by molar-refractivity contribution is 7.89. The maximum Gasteiger partial charge on any atom is 0.249 e. The third kappa shape index (κ3) is 4.88. The fourth-order valence-corrected chi connectivity index (χ4v) is 6.66. The van der Waals surface area contributed by atoms with Gasteiger partial charge in [-0.15, -0.1) is 0 Å². The molecule has 0 radical (unpaired) electrons. The Labute approximate surface area is 206 Å². The zero-order valence-electron chi connectivity index (χ0n) is 20.5. The molecule has 3 N–H and O–H groups in total. The molecule has 7 heteroatoms. The molecule has 0 aliphatic heterocycles. The third-order valence-corrected chi connectivity index (χ3v) is 8.20. The fraction of sp³-hybridized carbons (Fsp3) is 0.250. The van der Waals surface area contributed by atoms with E-state index in [1.54, 1.807) is 12.1 Å². The predicted molar refractivity (Wildman–Crippen MR) is 141 cm³/mol. The molecular weight excluding hydrogens is 458 g/mol. The van der Waals surface area contributed by atoms with Gasteiger partial charge in [0.05, 0.1) is 4.90 Å². The summed E-state index contributed by atoms with van der Waals surface area (Å²) in [6, 6.07) is 18.6. The van der Waals surface area contributed by atoms with E-state index in [2.05, 4.69) is 4.72 Å². The standard InChI is InChI=1S/C28H31N3O3S/c1-5-21(30-35(33,34)27-19(3)14-18(2)15-20(27)4)16-31-17-25(23-11-8-9-13-26(23)31)22-10-6-7-12-24(22)28(29)32/h6-15,17,21,30H,5,16H2,1-4H3,(H2,29,32). The second-order valence-electron chi connectivity index (χ2n) is 9.08. The van der Waals surface area contributed by atoms with Crippen molar-refractivity contribution in [2.24, 2.45) is 5.73 Å². The van der Waals surface area contributed by atoms with Crippen LogP contribution in [-0.2, 0) is 16.6 Å². The SMILES string of the molecule is CCC(Cn1cc(-c2ccccc2C(N)=O)c2ccccc21)NS(=O)(=O)c1c(C)cc(C)cc1C. The lowest BCUT2D eigenvalue weighted by molar-refractivity contribution is 0.100. The summed E-state index contributed by atoms with van der Waals surface area (Å²) in [6.07, 6.45) is 2.59. The molecule has 0 saturated carbocycles. The second-order valence-corrected chi connectivity index (χ2v) is 10.7. The predicted octanol–water partition coefficient (Wildman–Crippen LogP) is 5.09. The Morgan fingerprint density at radius 3 is 2.26 bits per heavy atom. The topological polar surface area (TPSA) is 94.2 Å². The molecule has 4 rings (SSSR count). The van der Waals surface area contributed by atoms with Crippen molar-refractivity contribution in [3.05, 3.63) is 89.1 Å². The summed E-state index contributed by atoms with van der Waals surface area (Å²) >= 11 is 0. The van der Waals surface area contributed by atoms with E-state index >= 15 is 0 Å². The summed E-state index contributed by atoms with van der Waals surface area (Å²) in [6.45, 7) is 8.04. The number of aromatic nitrogens is 1. The highest BCUT2D eigenvalue weighted by Gasteiger charge is 2.24. The van der Waals surface area contributed by atoms with Crippen LogP contribution in [0.3, 0.4) is 0 Å². The van der Waals surface area contributed by atoms with Gasteiger partial charge in [0.2, 0.25) is 15.9 Å². The van der Waals surface area contributed by atoms with Crippen molar-refractivity contribution < 1.29 is 13.2 Å².